The summed E-state index contributed by atoms with van der Waals surface area (Å²) in [6.45, 7) is 0.473. The van der Waals surface area contributed by atoms with Crippen LogP contribution in [0.4, 0.5) is 0 Å². The zero-order valence-electron chi connectivity index (χ0n) is 9.13. The maximum Gasteiger partial charge on any atom is 0.115 e. The van der Waals surface area contributed by atoms with E-state index in [-0.39, 0.29) is 0 Å². The molecular formula is C13H15N3. The molecule has 1 heterocycles. The lowest BCUT2D eigenvalue weighted by molar-refractivity contribution is 0.871. The Morgan fingerprint density at radius 1 is 0.938 bits per heavy atom. The standard InChI is InChI=1S/C13H15N3/c14-9-13-8-12(15-10-16-13)7-6-11-4-2-1-3-5-11/h1-5,8,10H,6-7,9,14H2. The van der Waals surface area contributed by atoms with Gasteiger partial charge in [-0.2, -0.15) is 0 Å². The number of aryl methyl sites for hydroxylation is 2. The molecule has 0 unspecified atom stereocenters. The van der Waals surface area contributed by atoms with E-state index in [0.29, 0.717) is 6.54 Å². The van der Waals surface area contributed by atoms with E-state index in [2.05, 4.69) is 34.2 Å². The van der Waals surface area contributed by atoms with E-state index in [1.165, 1.54) is 5.56 Å². The fourth-order valence-corrected chi connectivity index (χ4v) is 1.61. The molecule has 82 valence electrons. The highest BCUT2D eigenvalue weighted by atomic mass is 14.8. The van der Waals surface area contributed by atoms with Crippen molar-refractivity contribution >= 4 is 0 Å². The minimum Gasteiger partial charge on any atom is -0.325 e. The van der Waals surface area contributed by atoms with Crippen molar-refractivity contribution in [3.8, 4) is 0 Å². The van der Waals surface area contributed by atoms with Crippen LogP contribution in [0.25, 0.3) is 0 Å². The van der Waals surface area contributed by atoms with Crippen molar-refractivity contribution in [1.29, 1.82) is 0 Å². The summed E-state index contributed by atoms with van der Waals surface area (Å²) >= 11 is 0. The van der Waals surface area contributed by atoms with Gasteiger partial charge >= 0.3 is 0 Å². The number of hydrogen-bond donors (Lipinski definition) is 1. The Morgan fingerprint density at radius 3 is 2.44 bits per heavy atom. The molecule has 0 aliphatic carbocycles. The second-order valence-electron chi connectivity index (χ2n) is 3.69. The second kappa shape index (κ2) is 5.37. The molecule has 0 saturated heterocycles. The summed E-state index contributed by atoms with van der Waals surface area (Å²) in [6.07, 6.45) is 3.52. The molecule has 0 aliphatic rings. The van der Waals surface area contributed by atoms with Gasteiger partial charge in [-0.05, 0) is 24.5 Å². The highest BCUT2D eigenvalue weighted by Crippen LogP contribution is 2.05. The summed E-state index contributed by atoms with van der Waals surface area (Å²) in [4.78, 5) is 8.31. The second-order valence-corrected chi connectivity index (χ2v) is 3.69. The Morgan fingerprint density at radius 2 is 1.69 bits per heavy atom. The van der Waals surface area contributed by atoms with Crippen molar-refractivity contribution in [3.05, 3.63) is 59.7 Å². The molecule has 2 N–H and O–H groups in total. The molecular weight excluding hydrogens is 198 g/mol. The first kappa shape index (κ1) is 10.8. The molecule has 1 aromatic carbocycles. The van der Waals surface area contributed by atoms with E-state index in [4.69, 9.17) is 5.73 Å². The lowest BCUT2D eigenvalue weighted by Crippen LogP contribution is -2.03. The maximum atomic E-state index is 5.54. The minimum absolute atomic E-state index is 0.473. The number of rotatable bonds is 4. The Labute approximate surface area is 95.4 Å². The van der Waals surface area contributed by atoms with Crippen LogP contribution in [0.1, 0.15) is 17.0 Å². The number of nitrogens with two attached hydrogens (primary N) is 1. The number of aromatic nitrogens is 2. The molecule has 2 rings (SSSR count). The fourth-order valence-electron chi connectivity index (χ4n) is 1.61. The van der Waals surface area contributed by atoms with Crippen LogP contribution in [-0.4, -0.2) is 9.97 Å². The van der Waals surface area contributed by atoms with E-state index < -0.39 is 0 Å². The van der Waals surface area contributed by atoms with Crippen molar-refractivity contribution in [3.63, 3.8) is 0 Å². The molecule has 0 amide bonds. The van der Waals surface area contributed by atoms with Crippen molar-refractivity contribution in [2.45, 2.75) is 19.4 Å². The van der Waals surface area contributed by atoms with E-state index >= 15 is 0 Å². The van der Waals surface area contributed by atoms with Gasteiger partial charge in [-0.3, -0.25) is 0 Å². The summed E-state index contributed by atoms with van der Waals surface area (Å²) in [7, 11) is 0. The molecule has 0 spiro atoms. The Hall–Kier alpha value is -1.74. The lowest BCUT2D eigenvalue weighted by Gasteiger charge is -2.02. The first-order valence-electron chi connectivity index (χ1n) is 5.42. The summed E-state index contributed by atoms with van der Waals surface area (Å²) in [5, 5.41) is 0. The van der Waals surface area contributed by atoms with Crippen LogP contribution in [0.2, 0.25) is 0 Å². The third-order valence-electron chi connectivity index (χ3n) is 2.50. The minimum atomic E-state index is 0.473. The van der Waals surface area contributed by atoms with Crippen LogP contribution >= 0.6 is 0 Å². The number of nitrogens with zero attached hydrogens (tertiary/aromatic N) is 2. The first-order chi connectivity index (χ1) is 7.88. The van der Waals surface area contributed by atoms with Crippen molar-refractivity contribution < 1.29 is 0 Å². The number of hydrogen-bond acceptors (Lipinski definition) is 3. The maximum absolute atomic E-state index is 5.54. The molecule has 0 radical (unpaired) electrons. The van der Waals surface area contributed by atoms with Crippen molar-refractivity contribution in [2.75, 3.05) is 0 Å². The van der Waals surface area contributed by atoms with Crippen LogP contribution < -0.4 is 5.73 Å². The predicted octanol–water partition coefficient (Wildman–Crippen LogP) is 1.72. The SMILES string of the molecule is NCc1cc(CCc2ccccc2)ncn1. The van der Waals surface area contributed by atoms with Gasteiger partial charge in [-0.1, -0.05) is 30.3 Å². The van der Waals surface area contributed by atoms with Gasteiger partial charge in [0.15, 0.2) is 0 Å². The molecule has 0 bridgehead atoms. The van der Waals surface area contributed by atoms with Crippen LogP contribution in [0.3, 0.4) is 0 Å². The monoisotopic (exact) mass is 213 g/mol. The van der Waals surface area contributed by atoms with Gasteiger partial charge in [-0.15, -0.1) is 0 Å². The largest absolute Gasteiger partial charge is 0.325 e. The van der Waals surface area contributed by atoms with Crippen molar-refractivity contribution in [2.24, 2.45) is 5.73 Å². The van der Waals surface area contributed by atoms with Gasteiger partial charge in [0.25, 0.3) is 0 Å². The molecule has 3 nitrogen and oxygen atoms in total. The zero-order chi connectivity index (χ0) is 11.2. The van der Waals surface area contributed by atoms with Gasteiger partial charge in [-0.25, -0.2) is 9.97 Å². The molecule has 0 fully saturated rings. The third kappa shape index (κ3) is 2.87. The fraction of sp³-hybridized carbons (Fsp3) is 0.231. The summed E-state index contributed by atoms with van der Waals surface area (Å²) in [5.74, 6) is 0. The topological polar surface area (TPSA) is 51.8 Å². The van der Waals surface area contributed by atoms with Gasteiger partial charge in [0.1, 0.15) is 6.33 Å². The van der Waals surface area contributed by atoms with Gasteiger partial charge < -0.3 is 5.73 Å². The summed E-state index contributed by atoms with van der Waals surface area (Å²) in [6, 6.07) is 12.4. The molecule has 16 heavy (non-hydrogen) atoms. The molecule has 3 heteroatoms. The van der Waals surface area contributed by atoms with Crippen molar-refractivity contribution in [1.82, 2.24) is 9.97 Å². The predicted molar refractivity (Wildman–Crippen MR) is 63.8 cm³/mol. The average Bonchev–Trinajstić information content (AvgIpc) is 2.38. The number of benzene rings is 1. The third-order valence-corrected chi connectivity index (χ3v) is 2.50. The quantitative estimate of drug-likeness (QED) is 0.841. The van der Waals surface area contributed by atoms with Gasteiger partial charge in [0.05, 0.1) is 5.69 Å². The van der Waals surface area contributed by atoms with E-state index in [1.54, 1.807) is 6.33 Å². The Balaban J connectivity index is 1.99. The van der Waals surface area contributed by atoms with Crippen LogP contribution in [0, 0.1) is 0 Å². The highest BCUT2D eigenvalue weighted by molar-refractivity contribution is 5.17. The molecule has 0 atom stereocenters. The Kier molecular flexibility index (Phi) is 3.62. The van der Waals surface area contributed by atoms with Crippen LogP contribution in [0.5, 0.6) is 0 Å². The van der Waals surface area contributed by atoms with E-state index in [1.807, 2.05) is 12.1 Å². The van der Waals surface area contributed by atoms with Gasteiger partial charge in [0, 0.05) is 12.2 Å². The summed E-state index contributed by atoms with van der Waals surface area (Å²) < 4.78 is 0. The van der Waals surface area contributed by atoms with Crippen LogP contribution in [-0.2, 0) is 19.4 Å². The van der Waals surface area contributed by atoms with E-state index in [0.717, 1.165) is 24.2 Å². The van der Waals surface area contributed by atoms with E-state index in [9.17, 15) is 0 Å². The lowest BCUT2D eigenvalue weighted by atomic mass is 10.1. The van der Waals surface area contributed by atoms with Gasteiger partial charge in [0.2, 0.25) is 0 Å². The average molecular weight is 213 g/mol. The highest BCUT2D eigenvalue weighted by Gasteiger charge is 1.98. The molecule has 0 aliphatic heterocycles. The van der Waals surface area contributed by atoms with Crippen LogP contribution in [0.15, 0.2) is 42.7 Å². The molecule has 0 saturated carbocycles. The molecule has 2 aromatic rings. The smallest absolute Gasteiger partial charge is 0.115 e. The Bertz CT molecular complexity index is 440. The molecule has 1 aromatic heterocycles. The first-order valence-corrected chi connectivity index (χ1v) is 5.42. The zero-order valence-corrected chi connectivity index (χ0v) is 9.13. The normalized spacial score (nSPS) is 10.3. The summed E-state index contributed by atoms with van der Waals surface area (Å²) in [5.41, 5.74) is 8.82.